The Morgan fingerprint density at radius 1 is 1.38 bits per heavy atom. The number of esters is 1. The van der Waals surface area contributed by atoms with Crippen LogP contribution in [0.2, 0.25) is 0 Å². The summed E-state index contributed by atoms with van der Waals surface area (Å²) in [6.45, 7) is 7.55. The van der Waals surface area contributed by atoms with Crippen molar-refractivity contribution in [3.8, 4) is 0 Å². The number of anilines is 1. The van der Waals surface area contributed by atoms with Gasteiger partial charge in [-0.1, -0.05) is 19.9 Å². The number of rotatable bonds is 8. The highest BCUT2D eigenvalue weighted by Gasteiger charge is 2.03. The van der Waals surface area contributed by atoms with Gasteiger partial charge in [-0.25, -0.2) is 4.79 Å². The van der Waals surface area contributed by atoms with E-state index in [1.807, 2.05) is 18.2 Å². The zero-order valence-electron chi connectivity index (χ0n) is 13.0. The monoisotopic (exact) mass is 308 g/mol. The maximum atomic E-state index is 11.1. The van der Waals surface area contributed by atoms with Crippen LogP contribution in [0.25, 0.3) is 6.08 Å². The highest BCUT2D eigenvalue weighted by atomic mass is 32.2. The topological polar surface area (TPSA) is 55.6 Å². The summed E-state index contributed by atoms with van der Waals surface area (Å²) in [4.78, 5) is 14.5. The van der Waals surface area contributed by atoms with Crippen molar-refractivity contribution in [3.63, 3.8) is 0 Å². The molecule has 1 aromatic rings. The van der Waals surface area contributed by atoms with Gasteiger partial charge in [-0.15, -0.1) is 11.8 Å². The van der Waals surface area contributed by atoms with Crippen LogP contribution in [-0.2, 0) is 9.53 Å². The van der Waals surface area contributed by atoms with E-state index >= 15 is 0 Å². The molecule has 0 amide bonds. The molecular formula is C16H24N2O2S. The van der Waals surface area contributed by atoms with Gasteiger partial charge >= 0.3 is 5.97 Å². The first kappa shape index (κ1) is 17.6. The Balaban J connectivity index is 2.58. The molecule has 116 valence electrons. The standard InChI is InChI=1S/C16H24N2O2S/c1-4-18(5-2)10-11-21-15-8-6-13(12-14(15)17)7-9-16(19)20-3/h6-9,12H,4-5,10-11,17H2,1-3H3/b9-7+. The Bertz CT molecular complexity index is 485. The zero-order valence-corrected chi connectivity index (χ0v) is 13.8. The van der Waals surface area contributed by atoms with Crippen LogP contribution >= 0.6 is 11.8 Å². The normalized spacial score (nSPS) is 11.2. The second kappa shape index (κ2) is 9.47. The van der Waals surface area contributed by atoms with E-state index in [1.165, 1.54) is 13.2 Å². The Hall–Kier alpha value is -1.46. The Labute approximate surface area is 131 Å². The lowest BCUT2D eigenvalue weighted by Gasteiger charge is -2.17. The lowest BCUT2D eigenvalue weighted by atomic mass is 10.2. The molecule has 0 fully saturated rings. The second-order valence-electron chi connectivity index (χ2n) is 4.53. The number of hydrogen-bond acceptors (Lipinski definition) is 5. The molecule has 0 bridgehead atoms. The lowest BCUT2D eigenvalue weighted by molar-refractivity contribution is -0.134. The molecule has 0 aromatic heterocycles. The van der Waals surface area contributed by atoms with Crippen LogP contribution in [0.3, 0.4) is 0 Å². The van der Waals surface area contributed by atoms with E-state index in [-0.39, 0.29) is 5.97 Å². The molecule has 0 unspecified atom stereocenters. The molecule has 0 spiro atoms. The second-order valence-corrected chi connectivity index (χ2v) is 5.67. The number of benzene rings is 1. The first-order chi connectivity index (χ1) is 10.1. The summed E-state index contributed by atoms with van der Waals surface area (Å²) in [5.74, 6) is 0.648. The number of nitrogens with zero attached hydrogens (tertiary/aromatic N) is 1. The molecule has 0 saturated carbocycles. The van der Waals surface area contributed by atoms with Gasteiger partial charge in [0.2, 0.25) is 0 Å². The number of ether oxygens (including phenoxy) is 1. The van der Waals surface area contributed by atoms with E-state index < -0.39 is 0 Å². The summed E-state index contributed by atoms with van der Waals surface area (Å²) in [5.41, 5.74) is 7.69. The first-order valence-corrected chi connectivity index (χ1v) is 8.10. The van der Waals surface area contributed by atoms with Crippen molar-refractivity contribution in [1.29, 1.82) is 0 Å². The van der Waals surface area contributed by atoms with Gasteiger partial charge in [-0.3, -0.25) is 0 Å². The van der Waals surface area contributed by atoms with Crippen molar-refractivity contribution in [1.82, 2.24) is 4.90 Å². The molecule has 0 saturated heterocycles. The number of nitrogens with two attached hydrogens (primary N) is 1. The third-order valence-corrected chi connectivity index (χ3v) is 4.28. The molecule has 0 aliphatic heterocycles. The van der Waals surface area contributed by atoms with Crippen molar-refractivity contribution in [2.45, 2.75) is 18.7 Å². The number of nitrogen functional groups attached to an aromatic ring is 1. The van der Waals surface area contributed by atoms with Crippen molar-refractivity contribution in [2.24, 2.45) is 0 Å². The Kier molecular flexibility index (Phi) is 7.93. The maximum absolute atomic E-state index is 11.1. The fraction of sp³-hybridized carbons (Fsp3) is 0.438. The van der Waals surface area contributed by atoms with E-state index in [0.717, 1.165) is 41.5 Å². The molecule has 0 heterocycles. The molecule has 0 atom stereocenters. The van der Waals surface area contributed by atoms with Crippen LogP contribution in [0.4, 0.5) is 5.69 Å². The number of hydrogen-bond donors (Lipinski definition) is 1. The summed E-state index contributed by atoms with van der Waals surface area (Å²) >= 11 is 1.76. The zero-order chi connectivity index (χ0) is 15.7. The van der Waals surface area contributed by atoms with Gasteiger partial charge < -0.3 is 15.4 Å². The van der Waals surface area contributed by atoms with Crippen LogP contribution in [0.15, 0.2) is 29.2 Å². The van der Waals surface area contributed by atoms with Crippen molar-refractivity contribution in [2.75, 3.05) is 38.2 Å². The molecule has 0 radical (unpaired) electrons. The number of methoxy groups -OCH3 is 1. The summed E-state index contributed by atoms with van der Waals surface area (Å²) in [5, 5.41) is 0. The van der Waals surface area contributed by atoms with Crippen LogP contribution in [0, 0.1) is 0 Å². The lowest BCUT2D eigenvalue weighted by Crippen LogP contribution is -2.25. The number of thioether (sulfide) groups is 1. The van der Waals surface area contributed by atoms with E-state index in [9.17, 15) is 4.79 Å². The van der Waals surface area contributed by atoms with Crippen molar-refractivity contribution >= 4 is 29.5 Å². The largest absolute Gasteiger partial charge is 0.466 e. The smallest absolute Gasteiger partial charge is 0.330 e. The molecule has 21 heavy (non-hydrogen) atoms. The third-order valence-electron chi connectivity index (χ3n) is 3.21. The summed E-state index contributed by atoms with van der Waals surface area (Å²) in [6, 6.07) is 5.83. The molecule has 1 rings (SSSR count). The quantitative estimate of drug-likeness (QED) is 0.346. The average Bonchev–Trinajstić information content (AvgIpc) is 2.50. The van der Waals surface area contributed by atoms with Crippen molar-refractivity contribution in [3.05, 3.63) is 29.8 Å². The maximum Gasteiger partial charge on any atom is 0.330 e. The third kappa shape index (κ3) is 6.23. The van der Waals surface area contributed by atoms with E-state index in [0.29, 0.717) is 0 Å². The van der Waals surface area contributed by atoms with Gasteiger partial charge in [0, 0.05) is 29.0 Å². The molecule has 2 N–H and O–H groups in total. The Morgan fingerprint density at radius 3 is 2.67 bits per heavy atom. The van der Waals surface area contributed by atoms with Gasteiger partial charge in [0.25, 0.3) is 0 Å². The van der Waals surface area contributed by atoms with Gasteiger partial charge in [0.15, 0.2) is 0 Å². The molecular weight excluding hydrogens is 284 g/mol. The van der Waals surface area contributed by atoms with Gasteiger partial charge in [0.05, 0.1) is 7.11 Å². The first-order valence-electron chi connectivity index (χ1n) is 7.11. The SMILES string of the molecule is CCN(CC)CCSc1ccc(/C=C/C(=O)OC)cc1N. The molecule has 0 aliphatic rings. The van der Waals surface area contributed by atoms with E-state index in [1.54, 1.807) is 17.8 Å². The summed E-state index contributed by atoms with van der Waals surface area (Å²) in [7, 11) is 1.36. The van der Waals surface area contributed by atoms with Gasteiger partial charge in [-0.05, 0) is 36.9 Å². The fourth-order valence-corrected chi connectivity index (χ4v) is 2.82. The molecule has 1 aromatic carbocycles. The van der Waals surface area contributed by atoms with Crippen LogP contribution in [0.5, 0.6) is 0 Å². The van der Waals surface area contributed by atoms with Crippen LogP contribution in [-0.4, -0.2) is 43.4 Å². The molecule has 5 heteroatoms. The fourth-order valence-electron chi connectivity index (χ4n) is 1.86. The molecule has 0 aliphatic carbocycles. The molecule has 4 nitrogen and oxygen atoms in total. The number of carbonyl (C=O) groups is 1. The Morgan fingerprint density at radius 2 is 2.10 bits per heavy atom. The predicted octanol–water partition coefficient (Wildman–Crippen LogP) is 2.89. The van der Waals surface area contributed by atoms with Crippen LogP contribution < -0.4 is 5.73 Å². The average molecular weight is 308 g/mol. The minimum atomic E-state index is -0.369. The summed E-state index contributed by atoms with van der Waals surface area (Å²) in [6.07, 6.45) is 3.09. The van der Waals surface area contributed by atoms with Gasteiger partial charge in [0.1, 0.15) is 0 Å². The minimum Gasteiger partial charge on any atom is -0.466 e. The highest BCUT2D eigenvalue weighted by Crippen LogP contribution is 2.26. The minimum absolute atomic E-state index is 0.369. The van der Waals surface area contributed by atoms with Crippen molar-refractivity contribution < 1.29 is 9.53 Å². The van der Waals surface area contributed by atoms with E-state index in [2.05, 4.69) is 23.5 Å². The van der Waals surface area contributed by atoms with Crippen LogP contribution in [0.1, 0.15) is 19.4 Å². The summed E-state index contributed by atoms with van der Waals surface area (Å²) < 4.78 is 4.56. The number of carbonyl (C=O) groups excluding carboxylic acids is 1. The van der Waals surface area contributed by atoms with Gasteiger partial charge in [-0.2, -0.15) is 0 Å². The highest BCUT2D eigenvalue weighted by molar-refractivity contribution is 7.99. The predicted molar refractivity (Wildman–Crippen MR) is 90.4 cm³/mol. The van der Waals surface area contributed by atoms with E-state index in [4.69, 9.17) is 5.73 Å².